The van der Waals surface area contributed by atoms with Crippen LogP contribution in [0.3, 0.4) is 0 Å². The van der Waals surface area contributed by atoms with Crippen LogP contribution >= 0.6 is 0 Å². The van der Waals surface area contributed by atoms with Crippen molar-refractivity contribution < 1.29 is 0 Å². The highest BCUT2D eigenvalue weighted by atomic mass is 15.1. The van der Waals surface area contributed by atoms with Crippen LogP contribution in [0.4, 0.5) is 11.5 Å². The molecular weight excluding hydrogens is 494 g/mol. The molecule has 0 bridgehead atoms. The largest absolute Gasteiger partial charge is 0.361 e. The number of hydrogen-bond donors (Lipinski definition) is 3. The highest BCUT2D eigenvalue weighted by molar-refractivity contribution is 5.91. The molecule has 0 amide bonds. The van der Waals surface area contributed by atoms with Crippen LogP contribution in [0.25, 0.3) is 33.9 Å². The summed E-state index contributed by atoms with van der Waals surface area (Å²) in [5.41, 5.74) is 11.1. The van der Waals surface area contributed by atoms with E-state index in [-0.39, 0.29) is 0 Å². The van der Waals surface area contributed by atoms with Gasteiger partial charge in [0, 0.05) is 57.6 Å². The molecule has 3 aromatic heterocycles. The van der Waals surface area contributed by atoms with E-state index < -0.39 is 0 Å². The molecule has 204 valence electrons. The van der Waals surface area contributed by atoms with Crippen molar-refractivity contribution in [2.24, 2.45) is 0 Å². The van der Waals surface area contributed by atoms with Crippen LogP contribution < -0.4 is 10.6 Å². The molecular formula is C33H37N7. The Hall–Kier alpha value is -3.97. The van der Waals surface area contributed by atoms with Crippen LogP contribution in [-0.2, 0) is 0 Å². The Morgan fingerprint density at radius 1 is 1.05 bits per heavy atom. The number of hydrogen-bond acceptors (Lipinski definition) is 6. The molecule has 2 fully saturated rings. The summed E-state index contributed by atoms with van der Waals surface area (Å²) in [5.74, 6) is 1.38. The van der Waals surface area contributed by atoms with E-state index in [2.05, 4.69) is 68.9 Å². The predicted molar refractivity (Wildman–Crippen MR) is 163 cm³/mol. The lowest BCUT2D eigenvalue weighted by Crippen LogP contribution is -2.28. The van der Waals surface area contributed by atoms with Crippen LogP contribution in [0.15, 0.2) is 54.4 Å². The molecule has 3 aliphatic rings. The molecule has 7 nitrogen and oxygen atoms in total. The number of aromatic amines is 1. The van der Waals surface area contributed by atoms with E-state index in [1.165, 1.54) is 54.6 Å². The molecule has 4 aromatic rings. The van der Waals surface area contributed by atoms with Crippen molar-refractivity contribution in [2.75, 3.05) is 25.0 Å². The maximum Gasteiger partial charge on any atom is 0.141 e. The van der Waals surface area contributed by atoms with Gasteiger partial charge in [-0.3, -0.25) is 10.1 Å². The van der Waals surface area contributed by atoms with Crippen molar-refractivity contribution in [3.8, 4) is 11.3 Å². The molecule has 7 rings (SSSR count). The van der Waals surface area contributed by atoms with Gasteiger partial charge in [-0.15, -0.1) is 0 Å². The number of aryl methyl sites for hydroxylation is 1. The van der Waals surface area contributed by atoms with Crippen LogP contribution in [0.1, 0.15) is 73.9 Å². The fourth-order valence-corrected chi connectivity index (χ4v) is 6.18. The molecule has 1 saturated heterocycles. The second kappa shape index (κ2) is 10.5. The Balaban J connectivity index is 1.23. The van der Waals surface area contributed by atoms with Crippen molar-refractivity contribution >= 4 is 34.2 Å². The molecule has 1 saturated carbocycles. The molecule has 5 heterocycles. The van der Waals surface area contributed by atoms with Gasteiger partial charge in [-0.1, -0.05) is 13.3 Å². The molecule has 3 N–H and O–H groups in total. The smallest absolute Gasteiger partial charge is 0.141 e. The zero-order chi connectivity index (χ0) is 27.1. The number of nitrogens with zero attached hydrogens (tertiary/aromatic N) is 4. The molecule has 0 spiro atoms. The van der Waals surface area contributed by atoms with E-state index >= 15 is 0 Å². The number of rotatable bonds is 5. The molecule has 1 atom stereocenters. The predicted octanol–water partition coefficient (Wildman–Crippen LogP) is 7.13. The number of allylic oxidation sites excluding steroid dienone is 1. The first-order valence-electron chi connectivity index (χ1n) is 14.8. The molecule has 2 aliphatic heterocycles. The minimum absolute atomic E-state index is 0.525. The van der Waals surface area contributed by atoms with Crippen molar-refractivity contribution in [3.05, 3.63) is 76.9 Å². The Morgan fingerprint density at radius 2 is 1.98 bits per heavy atom. The second-order valence-electron chi connectivity index (χ2n) is 11.4. The summed E-state index contributed by atoms with van der Waals surface area (Å²) in [5, 5.41) is 16.6. The first kappa shape index (κ1) is 25.0. The number of H-pyrrole nitrogens is 1. The van der Waals surface area contributed by atoms with Gasteiger partial charge in [0.2, 0.25) is 0 Å². The van der Waals surface area contributed by atoms with Gasteiger partial charge >= 0.3 is 0 Å². The van der Waals surface area contributed by atoms with Crippen LogP contribution in [0.5, 0.6) is 0 Å². The van der Waals surface area contributed by atoms with Gasteiger partial charge in [0.25, 0.3) is 0 Å². The monoisotopic (exact) mass is 531 g/mol. The zero-order valence-electron chi connectivity index (χ0n) is 23.4. The summed E-state index contributed by atoms with van der Waals surface area (Å²) >= 11 is 0. The molecule has 0 radical (unpaired) electrons. The van der Waals surface area contributed by atoms with E-state index in [0.717, 1.165) is 71.0 Å². The third-order valence-electron chi connectivity index (χ3n) is 8.62. The summed E-state index contributed by atoms with van der Waals surface area (Å²) in [6, 6.07) is 12.9. The number of aromatic nitrogens is 4. The third kappa shape index (κ3) is 4.90. The third-order valence-corrected chi connectivity index (χ3v) is 8.62. The Kier molecular flexibility index (Phi) is 6.60. The first-order chi connectivity index (χ1) is 19.7. The summed E-state index contributed by atoms with van der Waals surface area (Å²) in [6.45, 7) is 7.80. The lowest BCUT2D eigenvalue weighted by atomic mass is 9.91. The average molecular weight is 532 g/mol. The van der Waals surface area contributed by atoms with E-state index in [1.807, 2.05) is 25.4 Å². The standard InChI is InChI=1S/C33H37N7/c1-3-40-16-5-4-6-22(14-17-40)31-27-12-11-26(19-29(27)38-39-31)36-33-30-24(13-15-34-32(30)23-9-10-23)18-28(37-33)25-8-7-21(2)35-20-25/h7-8,11-13,15,18-20,22,34H,3-6,9-10,14,16-17H2,1-2H3,(H,36,37)(H,38,39). The summed E-state index contributed by atoms with van der Waals surface area (Å²) in [6.07, 6.45) is 13.3. The highest BCUT2D eigenvalue weighted by Crippen LogP contribution is 2.42. The van der Waals surface area contributed by atoms with Gasteiger partial charge in [0.1, 0.15) is 5.82 Å². The van der Waals surface area contributed by atoms with Gasteiger partial charge in [0.05, 0.1) is 11.2 Å². The Morgan fingerprint density at radius 3 is 2.80 bits per heavy atom. The minimum Gasteiger partial charge on any atom is -0.361 e. The number of pyridine rings is 2. The van der Waals surface area contributed by atoms with Crippen LogP contribution in [-0.4, -0.2) is 44.7 Å². The number of anilines is 2. The molecule has 1 aromatic carbocycles. The molecule has 1 unspecified atom stereocenters. The number of nitrogens with one attached hydrogen (secondary N) is 3. The quantitative estimate of drug-likeness (QED) is 0.254. The summed E-state index contributed by atoms with van der Waals surface area (Å²) < 4.78 is 0. The maximum absolute atomic E-state index is 5.14. The lowest BCUT2D eigenvalue weighted by molar-refractivity contribution is 0.248. The van der Waals surface area contributed by atoms with Gasteiger partial charge in [-0.25, -0.2) is 4.98 Å². The SMILES string of the molecule is CCN1CCCCC(c2[nH]nc3cc(Nc4nc(-c5ccc(C)nc5)cc5c4C(=C4CC4)NC=C5)ccc23)CC1. The Bertz CT molecular complexity index is 1610. The molecule has 7 heteroatoms. The van der Waals surface area contributed by atoms with Gasteiger partial charge < -0.3 is 15.5 Å². The summed E-state index contributed by atoms with van der Waals surface area (Å²) in [4.78, 5) is 12.2. The van der Waals surface area contributed by atoms with E-state index in [0.29, 0.717) is 5.92 Å². The molecule has 1 aliphatic carbocycles. The van der Waals surface area contributed by atoms with E-state index in [4.69, 9.17) is 10.1 Å². The minimum atomic E-state index is 0.525. The van der Waals surface area contributed by atoms with Crippen molar-refractivity contribution in [1.82, 2.24) is 30.4 Å². The van der Waals surface area contributed by atoms with Gasteiger partial charge in [-0.2, -0.15) is 5.10 Å². The van der Waals surface area contributed by atoms with E-state index in [1.54, 1.807) is 0 Å². The first-order valence-corrected chi connectivity index (χ1v) is 14.8. The van der Waals surface area contributed by atoms with Gasteiger partial charge in [-0.05, 0) is 112 Å². The van der Waals surface area contributed by atoms with Crippen LogP contribution in [0, 0.1) is 6.92 Å². The fraction of sp³-hybridized carbons (Fsp3) is 0.364. The van der Waals surface area contributed by atoms with Crippen LogP contribution in [0.2, 0.25) is 0 Å². The topological polar surface area (TPSA) is 81.8 Å². The number of likely N-dealkylation sites (tertiary alicyclic amines) is 1. The Labute approximate surface area is 235 Å². The fourth-order valence-electron chi connectivity index (χ4n) is 6.18. The lowest BCUT2D eigenvalue weighted by Gasteiger charge is -2.27. The van der Waals surface area contributed by atoms with Crippen molar-refractivity contribution in [2.45, 2.75) is 58.3 Å². The highest BCUT2D eigenvalue weighted by Gasteiger charge is 2.26. The zero-order valence-corrected chi connectivity index (χ0v) is 23.4. The average Bonchev–Trinajstić information content (AvgIpc) is 3.73. The maximum atomic E-state index is 5.14. The number of fused-ring (bicyclic) bond motifs is 2. The van der Waals surface area contributed by atoms with Gasteiger partial charge in [0.15, 0.2) is 0 Å². The van der Waals surface area contributed by atoms with Crippen molar-refractivity contribution in [1.29, 1.82) is 0 Å². The summed E-state index contributed by atoms with van der Waals surface area (Å²) in [7, 11) is 0. The van der Waals surface area contributed by atoms with E-state index in [9.17, 15) is 0 Å². The molecule has 40 heavy (non-hydrogen) atoms. The second-order valence-corrected chi connectivity index (χ2v) is 11.4. The van der Waals surface area contributed by atoms with Crippen molar-refractivity contribution in [3.63, 3.8) is 0 Å². The number of benzene rings is 1. The normalized spacial score (nSPS) is 19.2.